The van der Waals surface area contributed by atoms with Crippen LogP contribution < -0.4 is 16.4 Å². The molecular weight excluding hydrogens is 318 g/mol. The molecule has 3 rings (SSSR count). The Morgan fingerprint density at radius 2 is 1.72 bits per heavy atom. The lowest BCUT2D eigenvalue weighted by Gasteiger charge is -2.36. The third-order valence-corrected chi connectivity index (χ3v) is 4.36. The summed E-state index contributed by atoms with van der Waals surface area (Å²) in [6.07, 6.45) is 1.64. The number of carbonyl (C=O) groups is 2. The second-order valence-electron chi connectivity index (χ2n) is 5.92. The predicted octanol–water partition coefficient (Wildman–Crippen LogP) is 0.602. The molecule has 1 saturated heterocycles. The minimum Gasteiger partial charge on any atom is -0.365 e. The maximum Gasteiger partial charge on any atom is 0.253 e. The number of primary amides is 1. The summed E-state index contributed by atoms with van der Waals surface area (Å²) in [5.41, 5.74) is 13.1. The van der Waals surface area contributed by atoms with Gasteiger partial charge in [0.05, 0.1) is 5.56 Å². The fourth-order valence-corrected chi connectivity index (χ4v) is 2.93. The van der Waals surface area contributed by atoms with Crippen LogP contribution in [0.4, 0.5) is 5.82 Å². The number of pyridine rings is 1. The molecule has 0 unspecified atom stereocenters. The van der Waals surface area contributed by atoms with Gasteiger partial charge in [0.2, 0.25) is 0 Å². The summed E-state index contributed by atoms with van der Waals surface area (Å²) < 4.78 is 0. The van der Waals surface area contributed by atoms with Crippen molar-refractivity contribution in [2.75, 3.05) is 31.1 Å². The van der Waals surface area contributed by atoms with Gasteiger partial charge in [0, 0.05) is 44.5 Å². The van der Waals surface area contributed by atoms with Crippen molar-refractivity contribution in [3.8, 4) is 0 Å². The number of aromatic nitrogens is 1. The van der Waals surface area contributed by atoms with E-state index in [-0.39, 0.29) is 5.91 Å². The summed E-state index contributed by atoms with van der Waals surface area (Å²) in [5.74, 6) is 0.0790. The normalized spacial score (nSPS) is 14.4. The Morgan fingerprint density at radius 1 is 1.04 bits per heavy atom. The number of rotatable bonds is 4. The van der Waals surface area contributed by atoms with Gasteiger partial charge in [-0.25, -0.2) is 4.98 Å². The van der Waals surface area contributed by atoms with E-state index in [0.29, 0.717) is 49.7 Å². The highest BCUT2D eigenvalue weighted by Crippen LogP contribution is 2.19. The maximum atomic E-state index is 12.6. The van der Waals surface area contributed by atoms with Crippen molar-refractivity contribution in [1.82, 2.24) is 9.88 Å². The first-order chi connectivity index (χ1) is 12.1. The molecule has 1 aromatic carbocycles. The highest BCUT2D eigenvalue weighted by atomic mass is 16.2. The number of piperazine rings is 1. The molecule has 2 aromatic rings. The monoisotopic (exact) mass is 339 g/mol. The van der Waals surface area contributed by atoms with Crippen LogP contribution in [0.15, 0.2) is 42.6 Å². The average Bonchev–Trinajstić information content (AvgIpc) is 2.67. The Bertz CT molecular complexity index is 767. The summed E-state index contributed by atoms with van der Waals surface area (Å²) in [7, 11) is 0. The van der Waals surface area contributed by atoms with Crippen LogP contribution in [0, 0.1) is 0 Å². The van der Waals surface area contributed by atoms with Gasteiger partial charge in [0.1, 0.15) is 5.82 Å². The largest absolute Gasteiger partial charge is 0.365 e. The van der Waals surface area contributed by atoms with Gasteiger partial charge in [-0.3, -0.25) is 9.59 Å². The molecular formula is C18H21N5O2. The van der Waals surface area contributed by atoms with Crippen LogP contribution in [0.3, 0.4) is 0 Å². The van der Waals surface area contributed by atoms with Crippen molar-refractivity contribution >= 4 is 17.6 Å². The zero-order valence-electron chi connectivity index (χ0n) is 13.9. The van der Waals surface area contributed by atoms with E-state index < -0.39 is 5.91 Å². The molecule has 1 fully saturated rings. The van der Waals surface area contributed by atoms with Crippen LogP contribution in [0.5, 0.6) is 0 Å². The van der Waals surface area contributed by atoms with Crippen molar-refractivity contribution in [2.45, 2.75) is 6.54 Å². The summed E-state index contributed by atoms with van der Waals surface area (Å²) >= 11 is 0. The van der Waals surface area contributed by atoms with Gasteiger partial charge >= 0.3 is 0 Å². The third kappa shape index (κ3) is 3.61. The Morgan fingerprint density at radius 3 is 2.32 bits per heavy atom. The van der Waals surface area contributed by atoms with Crippen molar-refractivity contribution in [3.05, 3.63) is 59.3 Å². The van der Waals surface area contributed by atoms with E-state index in [1.54, 1.807) is 35.4 Å². The topological polar surface area (TPSA) is 106 Å². The Kier molecular flexibility index (Phi) is 4.95. The van der Waals surface area contributed by atoms with Gasteiger partial charge in [-0.1, -0.05) is 12.1 Å². The molecule has 7 heteroatoms. The molecule has 2 amide bonds. The van der Waals surface area contributed by atoms with E-state index in [1.807, 2.05) is 17.0 Å². The number of amides is 2. The standard InChI is InChI=1S/C18H21N5O2/c19-12-13-3-5-14(6-4-13)18(25)23-10-8-22(9-11-23)17-15(16(20)24)2-1-7-21-17/h1-7H,8-12,19H2,(H2,20,24). The van der Waals surface area contributed by atoms with E-state index >= 15 is 0 Å². The SMILES string of the molecule is NCc1ccc(C(=O)N2CCN(c3ncccc3C(N)=O)CC2)cc1. The van der Waals surface area contributed by atoms with E-state index in [4.69, 9.17) is 11.5 Å². The highest BCUT2D eigenvalue weighted by Gasteiger charge is 2.24. The van der Waals surface area contributed by atoms with Crippen molar-refractivity contribution in [2.24, 2.45) is 11.5 Å². The van der Waals surface area contributed by atoms with Gasteiger partial charge in [-0.15, -0.1) is 0 Å². The minimum atomic E-state index is -0.499. The number of nitrogens with two attached hydrogens (primary N) is 2. The molecule has 1 aliphatic rings. The number of hydrogen-bond donors (Lipinski definition) is 2. The lowest BCUT2D eigenvalue weighted by atomic mass is 10.1. The minimum absolute atomic E-state index is 0.000586. The number of hydrogen-bond acceptors (Lipinski definition) is 5. The van der Waals surface area contributed by atoms with Crippen molar-refractivity contribution in [1.29, 1.82) is 0 Å². The van der Waals surface area contributed by atoms with Crippen molar-refractivity contribution in [3.63, 3.8) is 0 Å². The second-order valence-corrected chi connectivity index (χ2v) is 5.92. The number of carbonyl (C=O) groups excluding carboxylic acids is 2. The molecule has 7 nitrogen and oxygen atoms in total. The van der Waals surface area contributed by atoms with Gasteiger partial charge in [0.25, 0.3) is 11.8 Å². The molecule has 25 heavy (non-hydrogen) atoms. The Hall–Kier alpha value is -2.93. The van der Waals surface area contributed by atoms with Crippen LogP contribution in [0.1, 0.15) is 26.3 Å². The highest BCUT2D eigenvalue weighted by molar-refractivity contribution is 5.98. The molecule has 130 valence electrons. The molecule has 0 bridgehead atoms. The zero-order valence-corrected chi connectivity index (χ0v) is 13.9. The molecule has 0 saturated carbocycles. The molecule has 4 N–H and O–H groups in total. The van der Waals surface area contributed by atoms with Crippen LogP contribution >= 0.6 is 0 Å². The van der Waals surface area contributed by atoms with Crippen LogP contribution in [0.2, 0.25) is 0 Å². The number of benzene rings is 1. The van der Waals surface area contributed by atoms with Crippen LogP contribution in [-0.2, 0) is 6.54 Å². The Balaban J connectivity index is 1.67. The molecule has 0 spiro atoms. The van der Waals surface area contributed by atoms with Crippen molar-refractivity contribution < 1.29 is 9.59 Å². The lowest BCUT2D eigenvalue weighted by molar-refractivity contribution is 0.0746. The van der Waals surface area contributed by atoms with E-state index in [2.05, 4.69) is 4.98 Å². The van der Waals surface area contributed by atoms with Gasteiger partial charge in [0.15, 0.2) is 0 Å². The molecule has 0 radical (unpaired) electrons. The van der Waals surface area contributed by atoms with Crippen LogP contribution in [0.25, 0.3) is 0 Å². The maximum absolute atomic E-state index is 12.6. The first-order valence-corrected chi connectivity index (χ1v) is 8.18. The summed E-state index contributed by atoms with van der Waals surface area (Å²) in [5, 5.41) is 0. The summed E-state index contributed by atoms with van der Waals surface area (Å²) in [4.78, 5) is 32.2. The quantitative estimate of drug-likeness (QED) is 0.849. The molecule has 1 aliphatic heterocycles. The van der Waals surface area contributed by atoms with Gasteiger partial charge < -0.3 is 21.3 Å². The smallest absolute Gasteiger partial charge is 0.253 e. The molecule has 1 aromatic heterocycles. The number of nitrogens with zero attached hydrogens (tertiary/aromatic N) is 3. The summed E-state index contributed by atoms with van der Waals surface area (Å²) in [6, 6.07) is 10.7. The molecule has 0 aliphatic carbocycles. The fourth-order valence-electron chi connectivity index (χ4n) is 2.93. The van der Waals surface area contributed by atoms with E-state index in [1.165, 1.54) is 0 Å². The van der Waals surface area contributed by atoms with E-state index in [0.717, 1.165) is 5.56 Å². The zero-order chi connectivity index (χ0) is 17.8. The van der Waals surface area contributed by atoms with E-state index in [9.17, 15) is 9.59 Å². The third-order valence-electron chi connectivity index (χ3n) is 4.36. The lowest BCUT2D eigenvalue weighted by Crippen LogP contribution is -2.49. The van der Waals surface area contributed by atoms with Gasteiger partial charge in [-0.2, -0.15) is 0 Å². The van der Waals surface area contributed by atoms with Crippen LogP contribution in [-0.4, -0.2) is 47.9 Å². The first-order valence-electron chi connectivity index (χ1n) is 8.18. The first kappa shape index (κ1) is 16.9. The summed E-state index contributed by atoms with van der Waals surface area (Å²) in [6.45, 7) is 2.78. The second kappa shape index (κ2) is 7.31. The molecule has 2 heterocycles. The predicted molar refractivity (Wildman–Crippen MR) is 95.2 cm³/mol. The molecule has 0 atom stereocenters. The fraction of sp³-hybridized carbons (Fsp3) is 0.278. The Labute approximate surface area is 146 Å². The van der Waals surface area contributed by atoms with Gasteiger partial charge in [-0.05, 0) is 29.8 Å². The number of anilines is 1. The average molecular weight is 339 g/mol.